The van der Waals surface area contributed by atoms with E-state index < -0.39 is 22.9 Å². The summed E-state index contributed by atoms with van der Waals surface area (Å²) in [6.07, 6.45) is -0.134. The van der Waals surface area contributed by atoms with Crippen molar-refractivity contribution < 1.29 is 28.1 Å². The molecule has 0 N–H and O–H groups in total. The highest BCUT2D eigenvalue weighted by Crippen LogP contribution is 2.62. The Kier molecular flexibility index (Phi) is 8.81. The van der Waals surface area contributed by atoms with Crippen LogP contribution in [0.2, 0.25) is 0 Å². The summed E-state index contributed by atoms with van der Waals surface area (Å²) in [4.78, 5) is 23.0. The topological polar surface area (TPSA) is 71.1 Å². The van der Waals surface area contributed by atoms with Gasteiger partial charge in [-0.1, -0.05) is 11.4 Å². The Labute approximate surface area is 116 Å². The molecule has 0 heterocycles. The van der Waals surface area contributed by atoms with E-state index in [-0.39, 0.29) is 13.0 Å². The van der Waals surface area contributed by atoms with E-state index in [4.69, 9.17) is 25.6 Å². The minimum absolute atomic E-state index is 0.134. The van der Waals surface area contributed by atoms with Gasteiger partial charge in [0.1, 0.15) is 5.25 Å². The Hall–Kier alpha value is -0.140. The molecular formula is C9H17O6PS2. The first-order valence-corrected chi connectivity index (χ1v) is 9.18. The molecule has 0 aromatic heterocycles. The summed E-state index contributed by atoms with van der Waals surface area (Å²) in [5.74, 6) is -1.05. The van der Waals surface area contributed by atoms with Crippen LogP contribution in [0, 0.1) is 0 Å². The van der Waals surface area contributed by atoms with Crippen LogP contribution in [0.5, 0.6) is 0 Å². The van der Waals surface area contributed by atoms with E-state index in [2.05, 4.69) is 4.74 Å². The molecule has 0 saturated heterocycles. The second-order valence-corrected chi connectivity index (χ2v) is 9.55. The van der Waals surface area contributed by atoms with Gasteiger partial charge in [0.2, 0.25) is 5.69 Å². The van der Waals surface area contributed by atoms with E-state index in [0.717, 1.165) is 11.4 Å². The third kappa shape index (κ3) is 6.15. The van der Waals surface area contributed by atoms with E-state index in [9.17, 15) is 9.59 Å². The predicted molar refractivity (Wildman–Crippen MR) is 72.9 cm³/mol. The predicted octanol–water partition coefficient (Wildman–Crippen LogP) is 1.73. The number of esters is 2. The first-order chi connectivity index (χ1) is 8.42. The molecule has 0 aromatic carbocycles. The highest BCUT2D eigenvalue weighted by atomic mass is 32.9. The number of rotatable bonds is 8. The summed E-state index contributed by atoms with van der Waals surface area (Å²) in [6.45, 7) is 1.90. The van der Waals surface area contributed by atoms with Gasteiger partial charge in [0.15, 0.2) is 0 Å². The second-order valence-electron chi connectivity index (χ2n) is 2.94. The molecule has 18 heavy (non-hydrogen) atoms. The van der Waals surface area contributed by atoms with Crippen LogP contribution in [0.15, 0.2) is 0 Å². The maximum absolute atomic E-state index is 11.7. The highest BCUT2D eigenvalue weighted by molar-refractivity contribution is 8.68. The fourth-order valence-electron chi connectivity index (χ4n) is 0.950. The molecule has 0 saturated carbocycles. The van der Waals surface area contributed by atoms with Crippen LogP contribution in [0.25, 0.3) is 0 Å². The largest absolute Gasteiger partial charge is 0.469 e. The molecule has 0 bridgehead atoms. The van der Waals surface area contributed by atoms with Gasteiger partial charge in [-0.25, -0.2) is 0 Å². The van der Waals surface area contributed by atoms with Crippen molar-refractivity contribution in [3.05, 3.63) is 0 Å². The van der Waals surface area contributed by atoms with Gasteiger partial charge >= 0.3 is 11.9 Å². The zero-order valence-electron chi connectivity index (χ0n) is 10.7. The second kappa shape index (κ2) is 8.87. The SMILES string of the molecule is CCOC(=O)C(CC(=O)OC)SP(=S)(OC)OC. The molecule has 6 nitrogen and oxygen atoms in total. The average molecular weight is 316 g/mol. The third-order valence-electron chi connectivity index (χ3n) is 1.83. The minimum atomic E-state index is -2.64. The van der Waals surface area contributed by atoms with Crippen molar-refractivity contribution in [3.63, 3.8) is 0 Å². The van der Waals surface area contributed by atoms with Gasteiger partial charge in [-0.05, 0) is 18.7 Å². The van der Waals surface area contributed by atoms with Crippen LogP contribution >= 0.6 is 17.1 Å². The van der Waals surface area contributed by atoms with E-state index in [1.54, 1.807) is 6.92 Å². The molecule has 1 unspecified atom stereocenters. The number of hydrogen-bond acceptors (Lipinski definition) is 8. The molecule has 0 amide bonds. The van der Waals surface area contributed by atoms with Gasteiger partial charge in [0.25, 0.3) is 0 Å². The molecule has 0 rings (SSSR count). The summed E-state index contributed by atoms with van der Waals surface area (Å²) in [7, 11) is 4.05. The minimum Gasteiger partial charge on any atom is -0.469 e. The average Bonchev–Trinajstić information content (AvgIpc) is 2.37. The number of hydrogen-bond donors (Lipinski definition) is 0. The maximum atomic E-state index is 11.7. The monoisotopic (exact) mass is 316 g/mol. The van der Waals surface area contributed by atoms with Crippen molar-refractivity contribution in [2.45, 2.75) is 18.6 Å². The van der Waals surface area contributed by atoms with Crippen LogP contribution in [-0.2, 0) is 39.9 Å². The lowest BCUT2D eigenvalue weighted by Crippen LogP contribution is -2.24. The summed E-state index contributed by atoms with van der Waals surface area (Å²) < 4.78 is 19.5. The zero-order chi connectivity index (χ0) is 14.2. The van der Waals surface area contributed by atoms with Gasteiger partial charge in [-0.15, -0.1) is 0 Å². The van der Waals surface area contributed by atoms with Crippen molar-refractivity contribution in [2.75, 3.05) is 27.9 Å². The van der Waals surface area contributed by atoms with Crippen molar-refractivity contribution in [1.82, 2.24) is 0 Å². The zero-order valence-corrected chi connectivity index (χ0v) is 13.2. The van der Waals surface area contributed by atoms with Crippen molar-refractivity contribution in [3.8, 4) is 0 Å². The molecular weight excluding hydrogens is 299 g/mol. The van der Waals surface area contributed by atoms with Crippen LogP contribution in [0.4, 0.5) is 0 Å². The summed E-state index contributed by atoms with van der Waals surface area (Å²) in [5.41, 5.74) is -2.64. The number of ether oxygens (including phenoxy) is 2. The molecule has 0 spiro atoms. The van der Waals surface area contributed by atoms with Crippen molar-refractivity contribution in [1.29, 1.82) is 0 Å². The number of carbonyl (C=O) groups excluding carboxylic acids is 2. The lowest BCUT2D eigenvalue weighted by Gasteiger charge is -2.21. The Morgan fingerprint density at radius 2 is 1.83 bits per heavy atom. The molecule has 106 valence electrons. The molecule has 9 heteroatoms. The van der Waals surface area contributed by atoms with Gasteiger partial charge in [-0.2, -0.15) is 0 Å². The maximum Gasteiger partial charge on any atom is 0.320 e. The fraction of sp³-hybridized carbons (Fsp3) is 0.778. The Balaban J connectivity index is 4.81. The van der Waals surface area contributed by atoms with Crippen molar-refractivity contribution >= 4 is 40.8 Å². The quantitative estimate of drug-likeness (QED) is 0.495. The standard InChI is InChI=1S/C9H17O6PS2/c1-5-15-9(11)7(6-8(10)12-2)18-16(17,13-3)14-4/h7H,5-6H2,1-4H3. The number of carbonyl (C=O) groups is 2. The summed E-state index contributed by atoms with van der Waals surface area (Å²) in [6, 6.07) is 0. The first-order valence-electron chi connectivity index (χ1n) is 5.05. The summed E-state index contributed by atoms with van der Waals surface area (Å²) in [5, 5.41) is -0.789. The van der Waals surface area contributed by atoms with Gasteiger partial charge in [0.05, 0.1) is 20.1 Å². The first kappa shape index (κ1) is 17.9. The number of methoxy groups -OCH3 is 1. The van der Waals surface area contributed by atoms with E-state index >= 15 is 0 Å². The Bertz CT molecular complexity index is 327. The van der Waals surface area contributed by atoms with Gasteiger partial charge in [0, 0.05) is 14.2 Å². The van der Waals surface area contributed by atoms with E-state index in [1.807, 2.05) is 0 Å². The lowest BCUT2D eigenvalue weighted by molar-refractivity contribution is -0.147. The normalized spacial score (nSPS) is 12.9. The molecule has 0 radical (unpaired) electrons. The smallest absolute Gasteiger partial charge is 0.320 e. The van der Waals surface area contributed by atoms with Crippen LogP contribution in [0.3, 0.4) is 0 Å². The van der Waals surface area contributed by atoms with Crippen LogP contribution in [0.1, 0.15) is 13.3 Å². The van der Waals surface area contributed by atoms with E-state index in [1.165, 1.54) is 21.3 Å². The highest BCUT2D eigenvalue weighted by Gasteiger charge is 2.32. The summed E-state index contributed by atoms with van der Waals surface area (Å²) >= 11 is 6.13. The Morgan fingerprint density at radius 1 is 1.28 bits per heavy atom. The van der Waals surface area contributed by atoms with Crippen molar-refractivity contribution in [2.24, 2.45) is 0 Å². The van der Waals surface area contributed by atoms with Gasteiger partial charge < -0.3 is 18.5 Å². The Morgan fingerprint density at radius 3 is 2.22 bits per heavy atom. The molecule has 0 aliphatic carbocycles. The van der Waals surface area contributed by atoms with Crippen LogP contribution in [-0.4, -0.2) is 45.1 Å². The van der Waals surface area contributed by atoms with Gasteiger partial charge in [-0.3, -0.25) is 9.59 Å². The third-order valence-corrected chi connectivity index (χ3v) is 7.70. The lowest BCUT2D eigenvalue weighted by atomic mass is 10.3. The fourth-order valence-corrected chi connectivity index (χ4v) is 4.82. The molecule has 0 aliphatic heterocycles. The molecule has 1 atom stereocenters. The van der Waals surface area contributed by atoms with E-state index in [0.29, 0.717) is 0 Å². The molecule has 0 aliphatic rings. The molecule has 0 fully saturated rings. The molecule has 0 aromatic rings. The van der Waals surface area contributed by atoms with Crippen LogP contribution < -0.4 is 0 Å².